The van der Waals surface area contributed by atoms with E-state index < -0.39 is 5.53 Å². The van der Waals surface area contributed by atoms with E-state index in [4.69, 9.17) is 9.47 Å². The summed E-state index contributed by atoms with van der Waals surface area (Å²) in [7, 11) is 2.67. The summed E-state index contributed by atoms with van der Waals surface area (Å²) in [5.41, 5.74) is 1.68. The molecule has 2 nitrogen and oxygen atoms in total. The molecular weight excluding hydrogens is 303 g/mol. The van der Waals surface area contributed by atoms with Crippen LogP contribution >= 0.6 is 21.6 Å². The van der Waals surface area contributed by atoms with Gasteiger partial charge in [0.05, 0.1) is 0 Å². The molecule has 0 aliphatic heterocycles. The highest BCUT2D eigenvalue weighted by Crippen LogP contribution is 2.31. The summed E-state index contributed by atoms with van der Waals surface area (Å²) in [5.74, 6) is 1.61. The Morgan fingerprint density at radius 3 is 1.43 bits per heavy atom. The summed E-state index contributed by atoms with van der Waals surface area (Å²) < 4.78 is 12.0. The van der Waals surface area contributed by atoms with Gasteiger partial charge in [0.2, 0.25) is 0 Å². The molecule has 0 aromatic heterocycles. The smallest absolute Gasteiger partial charge is 0.262 e. The number of aryl methyl sites for hydroxylation is 2. The highest BCUT2D eigenvalue weighted by molar-refractivity contribution is 7.18. The van der Waals surface area contributed by atoms with Crippen molar-refractivity contribution in [3.8, 4) is 11.5 Å². The van der Waals surface area contributed by atoms with Crippen LogP contribution in [0.2, 0.25) is 0 Å². The van der Waals surface area contributed by atoms with Crippen molar-refractivity contribution in [2.45, 2.75) is 32.7 Å². The van der Waals surface area contributed by atoms with Gasteiger partial charge in [0, 0.05) is 6.42 Å². The van der Waals surface area contributed by atoms with Crippen molar-refractivity contribution >= 4 is 21.6 Å². The summed E-state index contributed by atoms with van der Waals surface area (Å²) in [4.78, 5) is 0. The SMILES string of the molecule is CCC(P)(Oc1ccc(C)cc1)Oc1ccc(C)cc1.Cl. The lowest BCUT2D eigenvalue weighted by Crippen LogP contribution is -2.34. The van der Waals surface area contributed by atoms with Crippen LogP contribution in [0, 0.1) is 13.8 Å². The molecule has 114 valence electrons. The minimum atomic E-state index is -0.746. The van der Waals surface area contributed by atoms with Crippen LogP contribution < -0.4 is 9.47 Å². The fourth-order valence-electron chi connectivity index (χ4n) is 1.78. The number of benzene rings is 2. The van der Waals surface area contributed by atoms with Crippen molar-refractivity contribution in [2.75, 3.05) is 0 Å². The Kier molecular flexibility index (Phi) is 6.51. The zero-order valence-corrected chi connectivity index (χ0v) is 14.6. The molecule has 0 radical (unpaired) electrons. The molecule has 0 aliphatic rings. The predicted octanol–water partition coefficient (Wildman–Crippen LogP) is 5.12. The van der Waals surface area contributed by atoms with Crippen molar-refractivity contribution < 1.29 is 9.47 Å². The molecule has 2 rings (SSSR count). The van der Waals surface area contributed by atoms with Crippen molar-refractivity contribution in [2.24, 2.45) is 0 Å². The van der Waals surface area contributed by atoms with Crippen molar-refractivity contribution in [1.29, 1.82) is 0 Å². The molecular formula is C17H22ClO2P. The molecule has 0 spiro atoms. The van der Waals surface area contributed by atoms with Crippen LogP contribution in [-0.2, 0) is 0 Å². The van der Waals surface area contributed by atoms with Gasteiger partial charge < -0.3 is 9.47 Å². The molecule has 0 bridgehead atoms. The quantitative estimate of drug-likeness (QED) is 0.561. The molecule has 0 saturated carbocycles. The van der Waals surface area contributed by atoms with Gasteiger partial charge in [-0.25, -0.2) is 0 Å². The lowest BCUT2D eigenvalue weighted by molar-refractivity contribution is -0.0333. The molecule has 2 aromatic rings. The Labute approximate surface area is 135 Å². The fourth-order valence-corrected chi connectivity index (χ4v) is 2.05. The minimum Gasteiger partial charge on any atom is -0.449 e. The number of hydrogen-bond donors (Lipinski definition) is 0. The van der Waals surface area contributed by atoms with Crippen molar-refractivity contribution in [3.63, 3.8) is 0 Å². The number of ether oxygens (including phenoxy) is 2. The molecule has 1 atom stereocenters. The highest BCUT2D eigenvalue weighted by Gasteiger charge is 2.26. The van der Waals surface area contributed by atoms with Gasteiger partial charge in [-0.2, -0.15) is 0 Å². The third kappa shape index (κ3) is 5.22. The molecule has 21 heavy (non-hydrogen) atoms. The maximum Gasteiger partial charge on any atom is 0.262 e. The Hall–Kier alpha value is -1.24. The first-order valence-corrected chi connectivity index (χ1v) is 7.39. The average molecular weight is 325 g/mol. The lowest BCUT2D eigenvalue weighted by atomic mass is 10.2. The monoisotopic (exact) mass is 324 g/mol. The Morgan fingerprint density at radius 1 is 0.810 bits per heavy atom. The molecule has 0 saturated heterocycles. The van der Waals surface area contributed by atoms with Gasteiger partial charge in [0.25, 0.3) is 5.53 Å². The second kappa shape index (κ2) is 7.68. The molecule has 0 amide bonds. The summed E-state index contributed by atoms with van der Waals surface area (Å²) in [5, 5.41) is 0. The minimum absolute atomic E-state index is 0. The van der Waals surface area contributed by atoms with E-state index in [-0.39, 0.29) is 12.4 Å². The molecule has 1 unspecified atom stereocenters. The molecule has 2 aromatic carbocycles. The van der Waals surface area contributed by atoms with Crippen LogP contribution in [0.25, 0.3) is 0 Å². The summed E-state index contributed by atoms with van der Waals surface area (Å²) in [6.45, 7) is 6.15. The third-order valence-corrected chi connectivity index (χ3v) is 3.76. The Morgan fingerprint density at radius 2 is 1.14 bits per heavy atom. The maximum absolute atomic E-state index is 5.98. The van der Waals surface area contributed by atoms with Crippen LogP contribution in [0.4, 0.5) is 0 Å². The largest absolute Gasteiger partial charge is 0.449 e. The van der Waals surface area contributed by atoms with Gasteiger partial charge in [-0.3, -0.25) is 0 Å². The van der Waals surface area contributed by atoms with E-state index in [1.165, 1.54) is 11.1 Å². The topological polar surface area (TPSA) is 18.5 Å². The van der Waals surface area contributed by atoms with Crippen LogP contribution in [-0.4, -0.2) is 5.53 Å². The van der Waals surface area contributed by atoms with E-state index in [9.17, 15) is 0 Å². The van der Waals surface area contributed by atoms with Crippen LogP contribution in [0.5, 0.6) is 11.5 Å². The van der Waals surface area contributed by atoms with Gasteiger partial charge in [-0.15, -0.1) is 12.4 Å². The van der Waals surface area contributed by atoms with E-state index in [1.54, 1.807) is 0 Å². The molecule has 0 heterocycles. The van der Waals surface area contributed by atoms with Crippen molar-refractivity contribution in [1.82, 2.24) is 0 Å². The summed E-state index contributed by atoms with van der Waals surface area (Å²) in [6, 6.07) is 16.0. The normalized spacial score (nSPS) is 10.7. The second-order valence-corrected chi connectivity index (χ2v) is 5.88. The standard InChI is InChI=1S/C17H21O2P.ClH/c1-4-17(20,18-15-9-5-13(2)6-10-15)19-16-11-7-14(3)8-12-16;/h5-12H,4,20H2,1-3H3;1H. The zero-order chi connectivity index (χ0) is 14.6. The van der Waals surface area contributed by atoms with Gasteiger partial charge >= 0.3 is 0 Å². The van der Waals surface area contributed by atoms with Crippen LogP contribution in [0.1, 0.15) is 24.5 Å². The van der Waals surface area contributed by atoms with Crippen LogP contribution in [0.3, 0.4) is 0 Å². The first-order valence-electron chi connectivity index (χ1n) is 6.81. The number of halogens is 1. The van der Waals surface area contributed by atoms with Gasteiger partial charge in [0.1, 0.15) is 11.5 Å². The van der Waals surface area contributed by atoms with Crippen LogP contribution in [0.15, 0.2) is 48.5 Å². The highest BCUT2D eigenvalue weighted by atomic mass is 35.5. The summed E-state index contributed by atoms with van der Waals surface area (Å²) in [6.07, 6.45) is 0.722. The Balaban J connectivity index is 0.00000220. The van der Waals surface area contributed by atoms with Gasteiger partial charge in [-0.1, -0.05) is 42.3 Å². The van der Waals surface area contributed by atoms with E-state index in [0.29, 0.717) is 0 Å². The van der Waals surface area contributed by atoms with E-state index in [2.05, 4.69) is 23.1 Å². The van der Waals surface area contributed by atoms with Crippen molar-refractivity contribution in [3.05, 3.63) is 59.7 Å². The van der Waals surface area contributed by atoms with Gasteiger partial charge in [-0.05, 0) is 47.4 Å². The van der Waals surface area contributed by atoms with E-state index in [1.807, 2.05) is 55.5 Å². The average Bonchev–Trinajstić information content (AvgIpc) is 2.44. The molecule has 0 N–H and O–H groups in total. The predicted molar refractivity (Wildman–Crippen MR) is 93.6 cm³/mol. The summed E-state index contributed by atoms with van der Waals surface area (Å²) >= 11 is 0. The zero-order valence-electron chi connectivity index (χ0n) is 12.6. The Bertz CT molecular complexity index is 505. The molecule has 0 fully saturated rings. The first-order chi connectivity index (χ1) is 9.50. The lowest BCUT2D eigenvalue weighted by Gasteiger charge is -2.30. The molecule has 4 heteroatoms. The molecule has 0 aliphatic carbocycles. The second-order valence-electron chi connectivity index (χ2n) is 5.00. The first kappa shape index (κ1) is 17.8. The number of rotatable bonds is 5. The number of hydrogen-bond acceptors (Lipinski definition) is 2. The van der Waals surface area contributed by atoms with Gasteiger partial charge in [0.15, 0.2) is 0 Å². The fraction of sp³-hybridized carbons (Fsp3) is 0.294. The third-order valence-electron chi connectivity index (χ3n) is 3.12. The van der Waals surface area contributed by atoms with E-state index >= 15 is 0 Å². The van der Waals surface area contributed by atoms with E-state index in [0.717, 1.165) is 17.9 Å². The maximum atomic E-state index is 5.98.